The summed E-state index contributed by atoms with van der Waals surface area (Å²) in [5.41, 5.74) is 7.13. The third-order valence-corrected chi connectivity index (χ3v) is 10.6. The second kappa shape index (κ2) is 10.9. The molecule has 0 spiro atoms. The Hall–Kier alpha value is -2.71. The highest BCUT2D eigenvalue weighted by Gasteiger charge is 2.24. The number of hydrogen-bond donors (Lipinski definition) is 1. The Kier molecular flexibility index (Phi) is 8.55. The minimum absolute atomic E-state index is 0.0998. The van der Waals surface area contributed by atoms with E-state index in [4.69, 9.17) is 4.74 Å². The van der Waals surface area contributed by atoms with E-state index in [2.05, 4.69) is 37.6 Å². The van der Waals surface area contributed by atoms with E-state index in [-0.39, 0.29) is 5.91 Å². The summed E-state index contributed by atoms with van der Waals surface area (Å²) in [7, 11) is 4.04. The Balaban J connectivity index is 2.30. The van der Waals surface area contributed by atoms with Gasteiger partial charge >= 0.3 is 0 Å². The zero-order chi connectivity index (χ0) is 22.1. The van der Waals surface area contributed by atoms with Crippen LogP contribution in [0.2, 0.25) is 18.1 Å². The first kappa shape index (κ1) is 23.6. The first-order valence-corrected chi connectivity index (χ1v) is 13.3. The van der Waals surface area contributed by atoms with Crippen LogP contribution in [0.1, 0.15) is 42.3 Å². The molecule has 2 rings (SSSR count). The molecular weight excluding hydrogens is 388 g/mol. The van der Waals surface area contributed by atoms with E-state index in [1.54, 1.807) is 7.11 Å². The van der Waals surface area contributed by atoms with Crippen molar-refractivity contribution in [2.24, 2.45) is 0 Å². The average Bonchev–Trinajstić information content (AvgIpc) is 2.79. The number of benzene rings is 2. The fourth-order valence-corrected chi connectivity index (χ4v) is 5.78. The molecule has 5 heteroatoms. The molecule has 4 nitrogen and oxygen atoms in total. The molecular formula is C25H34N2O2Si. The van der Waals surface area contributed by atoms with Gasteiger partial charge < -0.3 is 15.0 Å². The molecule has 0 unspecified atom stereocenters. The second-order valence-electron chi connectivity index (χ2n) is 7.75. The van der Waals surface area contributed by atoms with E-state index in [1.165, 1.54) is 0 Å². The first-order chi connectivity index (χ1) is 14.4. The first-order valence-electron chi connectivity index (χ1n) is 10.6. The smallest absolute Gasteiger partial charge is 0.252 e. The lowest BCUT2D eigenvalue weighted by Crippen LogP contribution is -2.29. The van der Waals surface area contributed by atoms with E-state index in [9.17, 15) is 4.79 Å². The van der Waals surface area contributed by atoms with Crippen LogP contribution in [0.15, 0.2) is 42.5 Å². The average molecular weight is 423 g/mol. The summed E-state index contributed by atoms with van der Waals surface area (Å²) in [4.78, 5) is 15.0. The summed E-state index contributed by atoms with van der Waals surface area (Å²) >= 11 is 0. The van der Waals surface area contributed by atoms with E-state index in [1.807, 2.05) is 61.5 Å². The van der Waals surface area contributed by atoms with Crippen LogP contribution >= 0.6 is 0 Å². The summed E-state index contributed by atoms with van der Waals surface area (Å²) < 4.78 is 5.19. The van der Waals surface area contributed by atoms with Crippen LogP contribution in [-0.4, -0.2) is 35.2 Å². The molecule has 0 atom stereocenters. The van der Waals surface area contributed by atoms with Crippen LogP contribution in [0, 0.1) is 11.5 Å². The number of carbonyl (C=O) groups excluding carboxylic acids is 1. The summed E-state index contributed by atoms with van der Waals surface area (Å²) in [5.74, 6) is 4.11. The lowest BCUT2D eigenvalue weighted by Gasteiger charge is -2.20. The number of nitrogens with zero attached hydrogens (tertiary/aromatic N) is 1. The molecule has 2 aromatic carbocycles. The van der Waals surface area contributed by atoms with Crippen LogP contribution in [0.3, 0.4) is 0 Å². The largest absolute Gasteiger partial charge is 0.497 e. The molecule has 0 saturated carbocycles. The van der Waals surface area contributed by atoms with Gasteiger partial charge in [0.25, 0.3) is 5.91 Å². The van der Waals surface area contributed by atoms with Gasteiger partial charge in [-0.3, -0.25) is 4.79 Å². The second-order valence-corrected chi connectivity index (χ2v) is 12.7. The summed E-state index contributed by atoms with van der Waals surface area (Å²) in [6.45, 7) is 7.19. The van der Waals surface area contributed by atoms with Crippen molar-refractivity contribution in [3.8, 4) is 17.2 Å². The number of ether oxygens (including phenoxy) is 1. The minimum Gasteiger partial charge on any atom is -0.497 e. The third-order valence-electron chi connectivity index (χ3n) is 5.87. The number of rotatable bonds is 8. The summed E-state index contributed by atoms with van der Waals surface area (Å²) in [6, 6.07) is 17.0. The Morgan fingerprint density at radius 2 is 1.67 bits per heavy atom. The number of amides is 1. The number of methoxy groups -OCH3 is 1. The molecule has 0 fully saturated rings. The Morgan fingerprint density at radius 1 is 1.03 bits per heavy atom. The number of carbonyl (C=O) groups is 1. The van der Waals surface area contributed by atoms with Crippen LogP contribution in [0.25, 0.3) is 0 Å². The van der Waals surface area contributed by atoms with Gasteiger partial charge in [0.05, 0.1) is 12.7 Å². The number of nitrogens with one attached hydrogen (secondary N) is 1. The molecule has 0 aromatic heterocycles. The quantitative estimate of drug-likeness (QED) is 0.476. The van der Waals surface area contributed by atoms with Crippen molar-refractivity contribution in [2.45, 2.75) is 45.4 Å². The van der Waals surface area contributed by atoms with E-state index >= 15 is 0 Å². The van der Waals surface area contributed by atoms with Gasteiger partial charge in [0.15, 0.2) is 0 Å². The molecule has 1 amide bonds. The lowest BCUT2D eigenvalue weighted by atomic mass is 10.1. The maximum absolute atomic E-state index is 13.0. The lowest BCUT2D eigenvalue weighted by molar-refractivity contribution is 0.0950. The fraction of sp³-hybridized carbons (Fsp3) is 0.400. The molecule has 0 radical (unpaired) electrons. The fourth-order valence-electron chi connectivity index (χ4n) is 3.35. The van der Waals surface area contributed by atoms with Crippen molar-refractivity contribution >= 4 is 19.7 Å². The molecule has 0 aliphatic heterocycles. The normalized spacial score (nSPS) is 10.7. The predicted molar refractivity (Wildman–Crippen MR) is 129 cm³/mol. The molecule has 0 saturated heterocycles. The van der Waals surface area contributed by atoms with Crippen molar-refractivity contribution in [1.29, 1.82) is 0 Å². The van der Waals surface area contributed by atoms with E-state index in [0.717, 1.165) is 40.7 Å². The van der Waals surface area contributed by atoms with Crippen LogP contribution in [0.4, 0.5) is 5.69 Å². The molecule has 160 valence electrons. The van der Waals surface area contributed by atoms with Gasteiger partial charge in [-0.2, -0.15) is 0 Å². The van der Waals surface area contributed by atoms with Gasteiger partial charge in [-0.05, 0) is 54.0 Å². The van der Waals surface area contributed by atoms with Crippen molar-refractivity contribution in [2.75, 3.05) is 26.1 Å². The molecule has 2 aromatic rings. The van der Waals surface area contributed by atoms with Crippen LogP contribution in [-0.2, 0) is 6.54 Å². The zero-order valence-corrected chi connectivity index (χ0v) is 20.1. The topological polar surface area (TPSA) is 41.6 Å². The number of hydrogen-bond acceptors (Lipinski definition) is 3. The molecule has 30 heavy (non-hydrogen) atoms. The van der Waals surface area contributed by atoms with E-state index in [0.29, 0.717) is 12.1 Å². The third kappa shape index (κ3) is 5.90. The van der Waals surface area contributed by atoms with Crippen molar-refractivity contribution in [3.63, 3.8) is 0 Å². The van der Waals surface area contributed by atoms with Gasteiger partial charge in [0, 0.05) is 31.9 Å². The van der Waals surface area contributed by atoms with Crippen LogP contribution in [0.5, 0.6) is 5.75 Å². The standard InChI is InChI=1S/C25H34N2O2Si/c1-7-30(8-2,9-3)17-16-21-18-22(27(4)5)12-15-24(21)25(28)26-19-20-10-13-23(29-6)14-11-20/h10-15,18H,7-9,19H2,1-6H3,(H,26,28). The Labute approximate surface area is 182 Å². The molecule has 0 bridgehead atoms. The summed E-state index contributed by atoms with van der Waals surface area (Å²) in [5, 5.41) is 3.03. The maximum Gasteiger partial charge on any atom is 0.252 e. The van der Waals surface area contributed by atoms with Crippen molar-refractivity contribution < 1.29 is 9.53 Å². The van der Waals surface area contributed by atoms with Gasteiger partial charge in [0.2, 0.25) is 0 Å². The van der Waals surface area contributed by atoms with E-state index < -0.39 is 8.07 Å². The van der Waals surface area contributed by atoms with Crippen molar-refractivity contribution in [3.05, 3.63) is 59.2 Å². The maximum atomic E-state index is 13.0. The molecule has 1 N–H and O–H groups in total. The highest BCUT2D eigenvalue weighted by atomic mass is 28.3. The minimum atomic E-state index is -1.60. The molecule has 0 aliphatic rings. The molecule has 0 heterocycles. The predicted octanol–water partition coefficient (Wildman–Crippen LogP) is 5.09. The van der Waals surface area contributed by atoms with Gasteiger partial charge in [-0.15, -0.1) is 5.54 Å². The zero-order valence-electron chi connectivity index (χ0n) is 19.1. The van der Waals surface area contributed by atoms with Gasteiger partial charge in [-0.25, -0.2) is 0 Å². The monoisotopic (exact) mass is 422 g/mol. The Morgan fingerprint density at radius 3 is 2.20 bits per heavy atom. The molecule has 0 aliphatic carbocycles. The SMILES string of the molecule is CC[Si](C#Cc1cc(N(C)C)ccc1C(=O)NCc1ccc(OC)cc1)(CC)CC. The van der Waals surface area contributed by atoms with Gasteiger partial charge in [0.1, 0.15) is 13.8 Å². The highest BCUT2D eigenvalue weighted by Crippen LogP contribution is 2.21. The highest BCUT2D eigenvalue weighted by molar-refractivity contribution is 6.87. The van der Waals surface area contributed by atoms with Crippen LogP contribution < -0.4 is 15.0 Å². The van der Waals surface area contributed by atoms with Gasteiger partial charge in [-0.1, -0.05) is 38.8 Å². The van der Waals surface area contributed by atoms with Crippen molar-refractivity contribution in [1.82, 2.24) is 5.32 Å². The summed E-state index contributed by atoms with van der Waals surface area (Å²) in [6.07, 6.45) is 0. The Bertz CT molecular complexity index is 899. The number of anilines is 1.